The number of anilines is 1. The molecule has 7 heteroatoms. The van der Waals surface area contributed by atoms with Crippen LogP contribution in [0.3, 0.4) is 0 Å². The fourth-order valence-electron chi connectivity index (χ4n) is 2.36. The highest BCUT2D eigenvalue weighted by atomic mass is 35.5. The van der Waals surface area contributed by atoms with Gasteiger partial charge in [-0.15, -0.1) is 0 Å². The van der Waals surface area contributed by atoms with Crippen LogP contribution in [0.5, 0.6) is 5.75 Å². The summed E-state index contributed by atoms with van der Waals surface area (Å²) in [5, 5.41) is 3.37. The van der Waals surface area contributed by atoms with Crippen molar-refractivity contribution in [3.05, 3.63) is 59.4 Å². The minimum absolute atomic E-state index is 0.0821. The monoisotopic (exact) mass is 363 g/mol. The molecule has 0 spiro atoms. The van der Waals surface area contributed by atoms with Gasteiger partial charge in [0, 0.05) is 12.5 Å². The van der Waals surface area contributed by atoms with Crippen molar-refractivity contribution in [2.45, 2.75) is 19.4 Å². The van der Waals surface area contributed by atoms with Gasteiger partial charge in [-0.2, -0.15) is 0 Å². The molecular weight excluding hydrogens is 348 g/mol. The minimum atomic E-state index is -0.492. The first-order valence-corrected chi connectivity index (χ1v) is 8.16. The molecule has 0 bridgehead atoms. The highest BCUT2D eigenvalue weighted by Crippen LogP contribution is 2.25. The highest BCUT2D eigenvalue weighted by molar-refractivity contribution is 6.29. The Morgan fingerprint density at radius 3 is 2.68 bits per heavy atom. The van der Waals surface area contributed by atoms with E-state index < -0.39 is 5.82 Å². The molecule has 3 aromatic rings. The van der Waals surface area contributed by atoms with E-state index in [0.29, 0.717) is 29.8 Å². The standard InChI is InChI=1S/C18H16ClF2N3O/c1-11(8-9-25-13-4-2-12(20)3-5-13)23-17-14(21)10-22-15-6-7-16(19)24-18(15)17/h2-7,10-11H,8-9H2,1H3,(H,22,23). The van der Waals surface area contributed by atoms with Crippen LogP contribution in [0.1, 0.15) is 13.3 Å². The summed E-state index contributed by atoms with van der Waals surface area (Å²) in [6.07, 6.45) is 1.77. The molecule has 0 amide bonds. The van der Waals surface area contributed by atoms with Crippen molar-refractivity contribution in [3.8, 4) is 5.75 Å². The fourth-order valence-corrected chi connectivity index (χ4v) is 2.51. The van der Waals surface area contributed by atoms with Gasteiger partial charge in [0.25, 0.3) is 0 Å². The van der Waals surface area contributed by atoms with Crippen molar-refractivity contribution < 1.29 is 13.5 Å². The second-order valence-electron chi connectivity index (χ2n) is 5.62. The van der Waals surface area contributed by atoms with Gasteiger partial charge in [-0.05, 0) is 43.3 Å². The zero-order valence-electron chi connectivity index (χ0n) is 13.5. The number of halogens is 3. The average molecular weight is 364 g/mol. The summed E-state index contributed by atoms with van der Waals surface area (Å²) < 4.78 is 32.6. The molecule has 4 nitrogen and oxygen atoms in total. The number of ether oxygens (including phenoxy) is 1. The van der Waals surface area contributed by atoms with Crippen LogP contribution in [0.15, 0.2) is 42.6 Å². The molecule has 1 aromatic carbocycles. The zero-order chi connectivity index (χ0) is 17.8. The summed E-state index contributed by atoms with van der Waals surface area (Å²) in [7, 11) is 0. The van der Waals surface area contributed by atoms with Gasteiger partial charge in [-0.25, -0.2) is 13.8 Å². The Kier molecular flexibility index (Phi) is 5.28. The van der Waals surface area contributed by atoms with Gasteiger partial charge < -0.3 is 10.1 Å². The first kappa shape index (κ1) is 17.4. The van der Waals surface area contributed by atoms with E-state index in [9.17, 15) is 8.78 Å². The molecule has 0 aliphatic rings. The summed E-state index contributed by atoms with van der Waals surface area (Å²) in [6, 6.07) is 9.03. The van der Waals surface area contributed by atoms with Crippen molar-refractivity contribution >= 4 is 28.3 Å². The average Bonchev–Trinajstić information content (AvgIpc) is 2.59. The maximum atomic E-state index is 14.2. The van der Waals surface area contributed by atoms with Crippen LogP contribution in [-0.4, -0.2) is 22.6 Å². The van der Waals surface area contributed by atoms with Crippen LogP contribution in [0, 0.1) is 11.6 Å². The molecular formula is C18H16ClF2N3O. The largest absolute Gasteiger partial charge is 0.494 e. The second-order valence-corrected chi connectivity index (χ2v) is 6.01. The molecule has 0 fully saturated rings. The molecule has 0 saturated heterocycles. The quantitative estimate of drug-likeness (QED) is 0.637. The van der Waals surface area contributed by atoms with E-state index in [2.05, 4.69) is 15.3 Å². The summed E-state index contributed by atoms with van der Waals surface area (Å²) >= 11 is 5.91. The Hall–Kier alpha value is -2.47. The second kappa shape index (κ2) is 7.61. The molecule has 130 valence electrons. The summed E-state index contributed by atoms with van der Waals surface area (Å²) in [5.41, 5.74) is 1.21. The molecule has 0 aliphatic carbocycles. The van der Waals surface area contributed by atoms with Crippen molar-refractivity contribution in [2.24, 2.45) is 0 Å². The number of pyridine rings is 2. The maximum Gasteiger partial charge on any atom is 0.166 e. The minimum Gasteiger partial charge on any atom is -0.494 e. The molecule has 0 radical (unpaired) electrons. The third-order valence-electron chi connectivity index (χ3n) is 3.66. The molecule has 1 unspecified atom stereocenters. The number of aromatic nitrogens is 2. The molecule has 2 heterocycles. The molecule has 1 N–H and O–H groups in total. The maximum absolute atomic E-state index is 14.2. The van der Waals surface area contributed by atoms with Crippen LogP contribution < -0.4 is 10.1 Å². The number of benzene rings is 1. The number of nitrogens with one attached hydrogen (secondary N) is 1. The smallest absolute Gasteiger partial charge is 0.166 e. The Bertz CT molecular complexity index is 869. The van der Waals surface area contributed by atoms with Gasteiger partial charge in [0.15, 0.2) is 5.82 Å². The Labute approximate surface area is 148 Å². The van der Waals surface area contributed by atoms with E-state index in [1.807, 2.05) is 6.92 Å². The SMILES string of the molecule is CC(CCOc1ccc(F)cc1)Nc1c(F)cnc2ccc(Cl)nc12. The van der Waals surface area contributed by atoms with Gasteiger partial charge >= 0.3 is 0 Å². The van der Waals surface area contributed by atoms with Gasteiger partial charge in [-0.1, -0.05) is 11.6 Å². The van der Waals surface area contributed by atoms with Gasteiger partial charge in [0.1, 0.15) is 27.9 Å². The van der Waals surface area contributed by atoms with Crippen molar-refractivity contribution in [1.82, 2.24) is 9.97 Å². The first-order chi connectivity index (χ1) is 12.0. The van der Waals surface area contributed by atoms with Crippen LogP contribution in [0.25, 0.3) is 11.0 Å². The third kappa shape index (κ3) is 4.33. The normalized spacial score (nSPS) is 12.2. The van der Waals surface area contributed by atoms with Gasteiger partial charge in [0.05, 0.1) is 18.3 Å². The van der Waals surface area contributed by atoms with Gasteiger partial charge in [-0.3, -0.25) is 4.98 Å². The lowest BCUT2D eigenvalue weighted by atomic mass is 10.2. The van der Waals surface area contributed by atoms with Crippen molar-refractivity contribution in [1.29, 1.82) is 0 Å². The molecule has 2 aromatic heterocycles. The predicted molar refractivity (Wildman–Crippen MR) is 94.1 cm³/mol. The Balaban J connectivity index is 1.65. The van der Waals surface area contributed by atoms with Crippen LogP contribution >= 0.6 is 11.6 Å². The van der Waals surface area contributed by atoms with Crippen molar-refractivity contribution in [2.75, 3.05) is 11.9 Å². The molecule has 0 saturated carbocycles. The van der Waals surface area contributed by atoms with Crippen LogP contribution in [-0.2, 0) is 0 Å². The van der Waals surface area contributed by atoms with E-state index in [0.717, 1.165) is 6.20 Å². The lowest BCUT2D eigenvalue weighted by molar-refractivity contribution is 0.303. The van der Waals surface area contributed by atoms with E-state index in [1.54, 1.807) is 24.3 Å². The number of nitrogens with zero attached hydrogens (tertiary/aromatic N) is 2. The summed E-state index contributed by atoms with van der Waals surface area (Å²) in [6.45, 7) is 2.31. The third-order valence-corrected chi connectivity index (χ3v) is 3.87. The topological polar surface area (TPSA) is 47.0 Å². The molecule has 25 heavy (non-hydrogen) atoms. The number of fused-ring (bicyclic) bond motifs is 1. The number of rotatable bonds is 6. The van der Waals surface area contributed by atoms with Gasteiger partial charge in [0.2, 0.25) is 0 Å². The predicted octanol–water partition coefficient (Wildman–Crippen LogP) is 4.83. The fraction of sp³-hybridized carbons (Fsp3) is 0.222. The molecule has 1 atom stereocenters. The van der Waals surface area contributed by atoms with E-state index in [-0.39, 0.29) is 22.7 Å². The Morgan fingerprint density at radius 1 is 1.16 bits per heavy atom. The van der Waals surface area contributed by atoms with Crippen LogP contribution in [0.4, 0.5) is 14.5 Å². The molecule has 0 aliphatic heterocycles. The van der Waals surface area contributed by atoms with E-state index in [4.69, 9.17) is 16.3 Å². The zero-order valence-corrected chi connectivity index (χ0v) is 14.2. The summed E-state index contributed by atoms with van der Waals surface area (Å²) in [5.74, 6) is -0.218. The lowest BCUT2D eigenvalue weighted by Crippen LogP contribution is -2.19. The highest BCUT2D eigenvalue weighted by Gasteiger charge is 2.13. The van der Waals surface area contributed by atoms with E-state index in [1.165, 1.54) is 12.1 Å². The van der Waals surface area contributed by atoms with Crippen molar-refractivity contribution in [3.63, 3.8) is 0 Å². The first-order valence-electron chi connectivity index (χ1n) is 7.78. The Morgan fingerprint density at radius 2 is 1.92 bits per heavy atom. The molecule has 3 rings (SSSR count). The van der Waals surface area contributed by atoms with E-state index >= 15 is 0 Å². The number of hydrogen-bond acceptors (Lipinski definition) is 4. The lowest BCUT2D eigenvalue weighted by Gasteiger charge is -2.17. The summed E-state index contributed by atoms with van der Waals surface area (Å²) in [4.78, 5) is 8.17. The number of hydrogen-bond donors (Lipinski definition) is 1. The van der Waals surface area contributed by atoms with Crippen LogP contribution in [0.2, 0.25) is 5.15 Å².